The molecule has 126 valence electrons. The zero-order valence-electron chi connectivity index (χ0n) is 13.9. The van der Waals surface area contributed by atoms with Crippen LogP contribution in [0.1, 0.15) is 44.2 Å². The van der Waals surface area contributed by atoms with Gasteiger partial charge in [-0.05, 0) is 17.9 Å². The normalized spacial score (nSPS) is 17.0. The Hall–Kier alpha value is -2.04. The summed E-state index contributed by atoms with van der Waals surface area (Å²) in [4.78, 5) is 24.8. The fourth-order valence-electron chi connectivity index (χ4n) is 2.86. The predicted molar refractivity (Wildman–Crippen MR) is 89.1 cm³/mol. The standard InChI is InChI=1S/C18H26N2O3/c1-13(17(21)22)12-20(2)18(23)19-16(11-14-7-6-8-14)15-9-4-3-5-10-15/h3-5,9-10,13-14,16H,6-8,11-12H2,1-2H3,(H,19,23)(H,21,22). The number of carbonyl (C=O) groups excluding carboxylic acids is 1. The van der Waals surface area contributed by atoms with Crippen molar-refractivity contribution in [3.63, 3.8) is 0 Å². The average Bonchev–Trinajstić information content (AvgIpc) is 2.49. The molecule has 5 nitrogen and oxygen atoms in total. The third-order valence-electron chi connectivity index (χ3n) is 4.61. The molecule has 0 saturated heterocycles. The zero-order valence-corrected chi connectivity index (χ0v) is 13.9. The monoisotopic (exact) mass is 318 g/mol. The van der Waals surface area contributed by atoms with Crippen molar-refractivity contribution in [2.24, 2.45) is 11.8 Å². The third-order valence-corrected chi connectivity index (χ3v) is 4.61. The van der Waals surface area contributed by atoms with Crippen molar-refractivity contribution in [1.82, 2.24) is 10.2 Å². The molecule has 0 radical (unpaired) electrons. The molecule has 1 aromatic rings. The van der Waals surface area contributed by atoms with Crippen LogP contribution < -0.4 is 5.32 Å². The lowest BCUT2D eigenvalue weighted by molar-refractivity contribution is -0.141. The first-order chi connectivity index (χ1) is 11.0. The maximum Gasteiger partial charge on any atom is 0.317 e. The lowest BCUT2D eigenvalue weighted by atomic mass is 9.79. The van der Waals surface area contributed by atoms with Gasteiger partial charge in [0.05, 0.1) is 12.0 Å². The van der Waals surface area contributed by atoms with Crippen molar-refractivity contribution in [3.05, 3.63) is 35.9 Å². The smallest absolute Gasteiger partial charge is 0.317 e. The molecule has 0 heterocycles. The van der Waals surface area contributed by atoms with E-state index < -0.39 is 11.9 Å². The summed E-state index contributed by atoms with van der Waals surface area (Å²) in [7, 11) is 1.64. The van der Waals surface area contributed by atoms with Gasteiger partial charge in [0.1, 0.15) is 0 Å². The summed E-state index contributed by atoms with van der Waals surface area (Å²) in [6.07, 6.45) is 4.67. The quantitative estimate of drug-likeness (QED) is 0.810. The number of amides is 2. The molecule has 1 fully saturated rings. The zero-order chi connectivity index (χ0) is 16.8. The van der Waals surface area contributed by atoms with Crippen LogP contribution in [0.15, 0.2) is 30.3 Å². The number of carboxylic acids is 1. The Bertz CT molecular complexity index is 528. The van der Waals surface area contributed by atoms with Gasteiger partial charge in [-0.25, -0.2) is 4.79 Å². The van der Waals surface area contributed by atoms with E-state index in [1.165, 1.54) is 24.2 Å². The van der Waals surface area contributed by atoms with E-state index in [-0.39, 0.29) is 18.6 Å². The second-order valence-corrected chi connectivity index (χ2v) is 6.57. The molecule has 23 heavy (non-hydrogen) atoms. The SMILES string of the molecule is CC(CN(C)C(=O)NC(CC1CCC1)c1ccccc1)C(=O)O. The van der Waals surface area contributed by atoms with Gasteiger partial charge in [0.25, 0.3) is 0 Å². The van der Waals surface area contributed by atoms with Crippen molar-refractivity contribution in [1.29, 1.82) is 0 Å². The Morgan fingerprint density at radius 1 is 1.30 bits per heavy atom. The van der Waals surface area contributed by atoms with Gasteiger partial charge in [-0.1, -0.05) is 56.5 Å². The number of urea groups is 1. The Balaban J connectivity index is 1.98. The molecular formula is C18H26N2O3. The molecule has 0 aromatic heterocycles. The van der Waals surface area contributed by atoms with Gasteiger partial charge in [0, 0.05) is 13.6 Å². The molecule has 2 unspecified atom stereocenters. The molecule has 1 saturated carbocycles. The summed E-state index contributed by atoms with van der Waals surface area (Å²) < 4.78 is 0. The molecular weight excluding hydrogens is 292 g/mol. The Morgan fingerprint density at radius 2 is 1.96 bits per heavy atom. The Morgan fingerprint density at radius 3 is 2.48 bits per heavy atom. The second-order valence-electron chi connectivity index (χ2n) is 6.57. The highest BCUT2D eigenvalue weighted by atomic mass is 16.4. The molecule has 1 aliphatic carbocycles. The van der Waals surface area contributed by atoms with Crippen molar-refractivity contribution in [2.75, 3.05) is 13.6 Å². The Kier molecular flexibility index (Phi) is 6.02. The molecule has 2 rings (SSSR count). The molecule has 1 aliphatic rings. The summed E-state index contributed by atoms with van der Waals surface area (Å²) in [5.41, 5.74) is 1.10. The minimum Gasteiger partial charge on any atom is -0.481 e. The maximum absolute atomic E-state index is 12.4. The van der Waals surface area contributed by atoms with E-state index in [4.69, 9.17) is 5.11 Å². The van der Waals surface area contributed by atoms with E-state index in [1.807, 2.05) is 30.3 Å². The second kappa shape index (κ2) is 7.99. The highest BCUT2D eigenvalue weighted by Gasteiger charge is 2.25. The summed E-state index contributed by atoms with van der Waals surface area (Å²) in [5, 5.41) is 12.0. The van der Waals surface area contributed by atoms with Crippen LogP contribution in [0.2, 0.25) is 0 Å². The van der Waals surface area contributed by atoms with Gasteiger partial charge in [-0.3, -0.25) is 4.79 Å². The summed E-state index contributed by atoms with van der Waals surface area (Å²) in [6, 6.07) is 9.75. The number of nitrogens with zero attached hydrogens (tertiary/aromatic N) is 1. The molecule has 5 heteroatoms. The highest BCUT2D eigenvalue weighted by Crippen LogP contribution is 2.34. The van der Waals surface area contributed by atoms with Crippen LogP contribution in [0.3, 0.4) is 0 Å². The fourth-order valence-corrected chi connectivity index (χ4v) is 2.86. The van der Waals surface area contributed by atoms with Crippen LogP contribution in [-0.4, -0.2) is 35.6 Å². The van der Waals surface area contributed by atoms with Gasteiger partial charge >= 0.3 is 12.0 Å². The first kappa shape index (κ1) is 17.3. The van der Waals surface area contributed by atoms with Crippen LogP contribution in [0.5, 0.6) is 0 Å². The number of aliphatic carboxylic acids is 1. The van der Waals surface area contributed by atoms with Crippen LogP contribution >= 0.6 is 0 Å². The maximum atomic E-state index is 12.4. The fraction of sp³-hybridized carbons (Fsp3) is 0.556. The molecule has 2 N–H and O–H groups in total. The van der Waals surface area contributed by atoms with Crippen LogP contribution in [0, 0.1) is 11.8 Å². The number of carbonyl (C=O) groups is 2. The average molecular weight is 318 g/mol. The first-order valence-corrected chi connectivity index (χ1v) is 8.26. The Labute approximate surface area is 137 Å². The summed E-state index contributed by atoms with van der Waals surface area (Å²) in [5.74, 6) is -0.796. The number of rotatable bonds is 7. The van der Waals surface area contributed by atoms with Crippen molar-refractivity contribution in [2.45, 2.75) is 38.6 Å². The van der Waals surface area contributed by atoms with Crippen molar-refractivity contribution >= 4 is 12.0 Å². The van der Waals surface area contributed by atoms with Gasteiger partial charge in [0.2, 0.25) is 0 Å². The number of carboxylic acid groups (broad SMARTS) is 1. The van der Waals surface area contributed by atoms with Crippen LogP contribution in [0.4, 0.5) is 4.79 Å². The van der Waals surface area contributed by atoms with Gasteiger partial charge < -0.3 is 15.3 Å². The first-order valence-electron chi connectivity index (χ1n) is 8.26. The lowest BCUT2D eigenvalue weighted by Gasteiger charge is -2.31. The number of hydrogen-bond donors (Lipinski definition) is 2. The minimum absolute atomic E-state index is 0.0171. The molecule has 1 aromatic carbocycles. The molecule has 0 bridgehead atoms. The van der Waals surface area contributed by atoms with E-state index in [9.17, 15) is 9.59 Å². The lowest BCUT2D eigenvalue weighted by Crippen LogP contribution is -2.42. The summed E-state index contributed by atoms with van der Waals surface area (Å²) in [6.45, 7) is 1.81. The third kappa shape index (κ3) is 4.98. The molecule has 0 aliphatic heterocycles. The highest BCUT2D eigenvalue weighted by molar-refractivity contribution is 5.76. The molecule has 2 amide bonds. The molecule has 2 atom stereocenters. The number of hydrogen-bond acceptors (Lipinski definition) is 2. The molecule has 0 spiro atoms. The van der Waals surface area contributed by atoms with E-state index in [0.29, 0.717) is 5.92 Å². The van der Waals surface area contributed by atoms with Crippen molar-refractivity contribution in [3.8, 4) is 0 Å². The van der Waals surface area contributed by atoms with Gasteiger partial charge in [-0.2, -0.15) is 0 Å². The largest absolute Gasteiger partial charge is 0.481 e. The van der Waals surface area contributed by atoms with E-state index in [0.717, 1.165) is 12.0 Å². The number of benzene rings is 1. The van der Waals surface area contributed by atoms with Crippen LogP contribution in [0.25, 0.3) is 0 Å². The van der Waals surface area contributed by atoms with E-state index >= 15 is 0 Å². The van der Waals surface area contributed by atoms with Gasteiger partial charge in [0.15, 0.2) is 0 Å². The van der Waals surface area contributed by atoms with E-state index in [2.05, 4.69) is 5.32 Å². The van der Waals surface area contributed by atoms with Crippen LogP contribution in [-0.2, 0) is 4.79 Å². The van der Waals surface area contributed by atoms with E-state index in [1.54, 1.807) is 14.0 Å². The topological polar surface area (TPSA) is 69.6 Å². The number of nitrogens with one attached hydrogen (secondary N) is 1. The van der Waals surface area contributed by atoms with Gasteiger partial charge in [-0.15, -0.1) is 0 Å². The predicted octanol–water partition coefficient (Wildman–Crippen LogP) is 3.28. The van der Waals surface area contributed by atoms with Crippen molar-refractivity contribution < 1.29 is 14.7 Å². The summed E-state index contributed by atoms with van der Waals surface area (Å²) >= 11 is 0. The minimum atomic E-state index is -0.890.